The molecule has 0 radical (unpaired) electrons. The lowest BCUT2D eigenvalue weighted by Gasteiger charge is -2.17. The maximum Gasteiger partial charge on any atom is 0.0541 e. The highest BCUT2D eigenvalue weighted by molar-refractivity contribution is 6.27. The van der Waals surface area contributed by atoms with Crippen LogP contribution in [0.4, 0.5) is 0 Å². The van der Waals surface area contributed by atoms with E-state index in [0.717, 1.165) is 0 Å². The van der Waals surface area contributed by atoms with Crippen LogP contribution in [0.15, 0.2) is 152 Å². The quantitative estimate of drug-likeness (QED) is 0.205. The second-order valence-electron chi connectivity index (χ2n) is 10.9. The van der Waals surface area contributed by atoms with E-state index in [1.54, 1.807) is 0 Å². The van der Waals surface area contributed by atoms with Crippen molar-refractivity contribution in [1.82, 2.24) is 4.57 Å². The molecule has 0 aliphatic rings. The SMILES string of the molecule is c1ccc(-c2ccc3ccc4ccc(-c5ccc(-n6c7ccccc7c7ccccc76)cc5)c5ccc2c3c45)cc1. The maximum atomic E-state index is 2.38. The number of fused-ring (bicyclic) bond motifs is 3. The van der Waals surface area contributed by atoms with Crippen molar-refractivity contribution in [2.75, 3.05) is 0 Å². The van der Waals surface area contributed by atoms with Gasteiger partial charge in [-0.1, -0.05) is 127 Å². The Morgan fingerprint density at radius 2 is 0.780 bits per heavy atom. The zero-order chi connectivity index (χ0) is 26.9. The summed E-state index contributed by atoms with van der Waals surface area (Å²) in [5.41, 5.74) is 8.69. The summed E-state index contributed by atoms with van der Waals surface area (Å²) in [6.45, 7) is 0. The molecule has 190 valence electrons. The van der Waals surface area contributed by atoms with Crippen LogP contribution in [0.3, 0.4) is 0 Å². The lowest BCUT2D eigenvalue weighted by molar-refractivity contribution is 1.18. The monoisotopic (exact) mass is 519 g/mol. The van der Waals surface area contributed by atoms with E-state index in [2.05, 4.69) is 156 Å². The van der Waals surface area contributed by atoms with Crippen LogP contribution >= 0.6 is 0 Å². The van der Waals surface area contributed by atoms with Crippen LogP contribution in [0.2, 0.25) is 0 Å². The van der Waals surface area contributed by atoms with Crippen molar-refractivity contribution < 1.29 is 0 Å². The van der Waals surface area contributed by atoms with E-state index in [4.69, 9.17) is 0 Å². The van der Waals surface area contributed by atoms with Gasteiger partial charge in [-0.15, -0.1) is 0 Å². The summed E-state index contributed by atoms with van der Waals surface area (Å²) in [6.07, 6.45) is 0. The Morgan fingerprint density at radius 1 is 0.317 bits per heavy atom. The van der Waals surface area contributed by atoms with E-state index in [0.29, 0.717) is 0 Å². The second kappa shape index (κ2) is 8.55. The van der Waals surface area contributed by atoms with Gasteiger partial charge in [0.2, 0.25) is 0 Å². The van der Waals surface area contributed by atoms with E-state index in [-0.39, 0.29) is 0 Å². The van der Waals surface area contributed by atoms with E-state index in [9.17, 15) is 0 Å². The van der Waals surface area contributed by atoms with Gasteiger partial charge in [0.25, 0.3) is 0 Å². The molecule has 0 amide bonds. The number of benzene rings is 8. The van der Waals surface area contributed by atoms with Crippen molar-refractivity contribution in [3.05, 3.63) is 152 Å². The molecular formula is C40H25N. The third kappa shape index (κ3) is 3.24. The Balaban J connectivity index is 1.24. The molecule has 0 saturated carbocycles. The minimum Gasteiger partial charge on any atom is -0.309 e. The molecule has 0 fully saturated rings. The molecule has 9 aromatic rings. The summed E-state index contributed by atoms with van der Waals surface area (Å²) in [4.78, 5) is 0. The van der Waals surface area contributed by atoms with Gasteiger partial charge >= 0.3 is 0 Å². The Bertz CT molecular complexity index is 2340. The van der Waals surface area contributed by atoms with Crippen LogP contribution in [-0.4, -0.2) is 4.57 Å². The predicted molar refractivity (Wildman–Crippen MR) is 175 cm³/mol. The Kier molecular flexibility index (Phi) is 4.67. The van der Waals surface area contributed by atoms with Gasteiger partial charge in [-0.2, -0.15) is 0 Å². The van der Waals surface area contributed by atoms with Crippen LogP contribution in [0.5, 0.6) is 0 Å². The van der Waals surface area contributed by atoms with E-state index < -0.39 is 0 Å². The Hall–Kier alpha value is -5.40. The number of para-hydroxylation sites is 2. The fourth-order valence-corrected chi connectivity index (χ4v) is 6.91. The average molecular weight is 520 g/mol. The molecule has 1 heteroatoms. The van der Waals surface area contributed by atoms with Gasteiger partial charge in [0.1, 0.15) is 0 Å². The molecular weight excluding hydrogens is 494 g/mol. The van der Waals surface area contributed by atoms with Gasteiger partial charge in [0, 0.05) is 16.5 Å². The first-order valence-corrected chi connectivity index (χ1v) is 14.2. The highest BCUT2D eigenvalue weighted by Crippen LogP contribution is 2.42. The molecule has 41 heavy (non-hydrogen) atoms. The first kappa shape index (κ1) is 22.4. The fraction of sp³-hybridized carbons (Fsp3) is 0. The second-order valence-corrected chi connectivity index (χ2v) is 10.9. The first-order chi connectivity index (χ1) is 20.3. The summed E-state index contributed by atoms with van der Waals surface area (Å²) in [7, 11) is 0. The molecule has 0 saturated heterocycles. The summed E-state index contributed by atoms with van der Waals surface area (Å²) in [6, 6.07) is 55.5. The molecule has 1 aromatic heterocycles. The lowest BCUT2D eigenvalue weighted by Crippen LogP contribution is -1.94. The standard InChI is InChI=1S/C40H25N/c1-2-8-26(9-3-1)31-22-18-28-14-15-29-19-23-32(36-25-24-35(31)39(28)40(29)36)27-16-20-30(21-17-27)41-37-12-6-4-10-33(37)34-11-5-7-13-38(34)41/h1-25H. The minimum absolute atomic E-state index is 1.18. The van der Waals surface area contributed by atoms with Crippen molar-refractivity contribution >= 4 is 54.1 Å². The lowest BCUT2D eigenvalue weighted by atomic mass is 9.87. The van der Waals surface area contributed by atoms with Crippen LogP contribution in [0, 0.1) is 0 Å². The minimum atomic E-state index is 1.18. The zero-order valence-corrected chi connectivity index (χ0v) is 22.4. The predicted octanol–water partition coefficient (Wildman–Crippen LogP) is 11.0. The van der Waals surface area contributed by atoms with E-state index >= 15 is 0 Å². The molecule has 1 heterocycles. The van der Waals surface area contributed by atoms with Gasteiger partial charge in [0.15, 0.2) is 0 Å². The highest BCUT2D eigenvalue weighted by Gasteiger charge is 2.16. The molecule has 0 spiro atoms. The number of aromatic nitrogens is 1. The summed E-state index contributed by atoms with van der Waals surface area (Å²) < 4.78 is 2.38. The Labute approximate surface area is 237 Å². The van der Waals surface area contributed by atoms with Crippen molar-refractivity contribution in [3.63, 3.8) is 0 Å². The van der Waals surface area contributed by atoms with Gasteiger partial charge in [0.05, 0.1) is 11.0 Å². The third-order valence-electron chi connectivity index (χ3n) is 8.77. The topological polar surface area (TPSA) is 4.93 Å². The van der Waals surface area contributed by atoms with Gasteiger partial charge in [-0.3, -0.25) is 0 Å². The summed E-state index contributed by atoms with van der Waals surface area (Å²) in [5, 5.41) is 10.5. The molecule has 0 unspecified atom stereocenters. The molecule has 9 rings (SSSR count). The Morgan fingerprint density at radius 3 is 1.34 bits per heavy atom. The maximum absolute atomic E-state index is 2.38. The van der Waals surface area contributed by atoms with Crippen molar-refractivity contribution in [2.45, 2.75) is 0 Å². The number of nitrogens with zero attached hydrogens (tertiary/aromatic N) is 1. The smallest absolute Gasteiger partial charge is 0.0541 e. The highest BCUT2D eigenvalue weighted by atomic mass is 15.0. The van der Waals surface area contributed by atoms with Crippen LogP contribution in [0.25, 0.3) is 82.1 Å². The van der Waals surface area contributed by atoms with Crippen LogP contribution in [-0.2, 0) is 0 Å². The largest absolute Gasteiger partial charge is 0.309 e. The summed E-state index contributed by atoms with van der Waals surface area (Å²) in [5.74, 6) is 0. The normalized spacial score (nSPS) is 11.9. The molecule has 8 aromatic carbocycles. The molecule has 1 nitrogen and oxygen atoms in total. The third-order valence-corrected chi connectivity index (χ3v) is 8.77. The van der Waals surface area contributed by atoms with E-state index in [1.807, 2.05) is 0 Å². The van der Waals surface area contributed by atoms with Gasteiger partial charge in [-0.05, 0) is 78.8 Å². The van der Waals surface area contributed by atoms with Crippen molar-refractivity contribution in [3.8, 4) is 27.9 Å². The number of rotatable bonds is 3. The van der Waals surface area contributed by atoms with Gasteiger partial charge < -0.3 is 4.57 Å². The first-order valence-electron chi connectivity index (χ1n) is 14.2. The van der Waals surface area contributed by atoms with Crippen molar-refractivity contribution in [2.24, 2.45) is 0 Å². The molecule has 0 atom stereocenters. The molecule has 0 aliphatic carbocycles. The average Bonchev–Trinajstić information content (AvgIpc) is 3.38. The van der Waals surface area contributed by atoms with Crippen molar-refractivity contribution in [1.29, 1.82) is 0 Å². The van der Waals surface area contributed by atoms with Crippen LogP contribution < -0.4 is 0 Å². The zero-order valence-electron chi connectivity index (χ0n) is 22.4. The van der Waals surface area contributed by atoms with E-state index in [1.165, 1.54) is 82.1 Å². The fourth-order valence-electron chi connectivity index (χ4n) is 6.91. The van der Waals surface area contributed by atoms with Gasteiger partial charge in [-0.25, -0.2) is 0 Å². The number of hydrogen-bond acceptors (Lipinski definition) is 0. The number of hydrogen-bond donors (Lipinski definition) is 0. The summed E-state index contributed by atoms with van der Waals surface area (Å²) >= 11 is 0. The molecule has 0 N–H and O–H groups in total. The molecule has 0 aliphatic heterocycles. The van der Waals surface area contributed by atoms with Crippen LogP contribution in [0.1, 0.15) is 0 Å². The molecule has 0 bridgehead atoms.